The molecule has 23 heavy (non-hydrogen) atoms. The van der Waals surface area contributed by atoms with Gasteiger partial charge < -0.3 is 9.64 Å². The van der Waals surface area contributed by atoms with Gasteiger partial charge in [0.15, 0.2) is 0 Å². The van der Waals surface area contributed by atoms with Gasteiger partial charge in [-0.3, -0.25) is 0 Å². The smallest absolute Gasteiger partial charge is 0.225 e. The molecular formula is C18H22ClN3O. The van der Waals surface area contributed by atoms with Crippen LogP contribution in [0.1, 0.15) is 19.4 Å². The molecule has 1 saturated heterocycles. The summed E-state index contributed by atoms with van der Waals surface area (Å²) in [7, 11) is 0. The molecule has 1 aromatic carbocycles. The largest absolute Gasteiger partial charge is 0.492 e. The Kier molecular flexibility index (Phi) is 5.01. The van der Waals surface area contributed by atoms with E-state index in [4.69, 9.17) is 16.3 Å². The number of para-hydroxylation sites is 1. The van der Waals surface area contributed by atoms with Crippen molar-refractivity contribution in [3.8, 4) is 5.75 Å². The van der Waals surface area contributed by atoms with Crippen molar-refractivity contribution in [3.05, 3.63) is 47.2 Å². The lowest BCUT2D eigenvalue weighted by Gasteiger charge is -2.17. The summed E-state index contributed by atoms with van der Waals surface area (Å²) in [6.45, 7) is 6.90. The third-order valence-electron chi connectivity index (χ3n) is 4.44. The van der Waals surface area contributed by atoms with Gasteiger partial charge in [0.25, 0.3) is 0 Å². The Morgan fingerprint density at radius 1 is 1.22 bits per heavy atom. The number of halogens is 1. The van der Waals surface area contributed by atoms with Crippen molar-refractivity contribution in [1.29, 1.82) is 0 Å². The third kappa shape index (κ3) is 3.75. The van der Waals surface area contributed by atoms with E-state index in [1.165, 1.54) is 5.56 Å². The summed E-state index contributed by atoms with van der Waals surface area (Å²) in [5.74, 6) is 2.55. The van der Waals surface area contributed by atoms with Crippen molar-refractivity contribution in [2.45, 2.75) is 20.3 Å². The van der Waals surface area contributed by atoms with Crippen LogP contribution in [-0.4, -0.2) is 29.7 Å². The fraction of sp³-hybridized carbons (Fsp3) is 0.444. The van der Waals surface area contributed by atoms with Crippen LogP contribution in [0.25, 0.3) is 0 Å². The van der Waals surface area contributed by atoms with E-state index in [0.717, 1.165) is 31.2 Å². The Balaban J connectivity index is 1.60. The molecule has 1 aliphatic heterocycles. The summed E-state index contributed by atoms with van der Waals surface area (Å²) in [6, 6.07) is 7.61. The van der Waals surface area contributed by atoms with Crippen molar-refractivity contribution in [2.75, 3.05) is 24.6 Å². The predicted octanol–water partition coefficient (Wildman–Crippen LogP) is 3.84. The maximum atomic E-state index is 6.14. The van der Waals surface area contributed by atoms with E-state index in [1.807, 2.05) is 36.7 Å². The molecule has 0 N–H and O–H groups in total. The minimum absolute atomic E-state index is 0.445. The average Bonchev–Trinajstić information content (AvgIpc) is 2.95. The van der Waals surface area contributed by atoms with Gasteiger partial charge in [0, 0.05) is 31.4 Å². The Hall–Kier alpha value is -1.81. The summed E-state index contributed by atoms with van der Waals surface area (Å²) < 4.78 is 5.91. The van der Waals surface area contributed by atoms with Crippen LogP contribution in [0.5, 0.6) is 5.75 Å². The van der Waals surface area contributed by atoms with Crippen LogP contribution in [0.4, 0.5) is 5.95 Å². The standard InChI is InChI=1S/C18H22ClN3O/c1-3-14-8-20-18(21-9-14)22-10-13(2)15(11-22)12-23-17-7-5-4-6-16(17)19/h4-9,13,15H,3,10-12H2,1-2H3. The van der Waals surface area contributed by atoms with Crippen LogP contribution in [0, 0.1) is 11.8 Å². The van der Waals surface area contributed by atoms with Gasteiger partial charge in [-0.1, -0.05) is 37.6 Å². The van der Waals surface area contributed by atoms with Gasteiger partial charge in [-0.05, 0) is 30.0 Å². The van der Waals surface area contributed by atoms with Crippen LogP contribution in [0.3, 0.4) is 0 Å². The van der Waals surface area contributed by atoms with E-state index < -0.39 is 0 Å². The van der Waals surface area contributed by atoms with Gasteiger partial charge in [0.05, 0.1) is 11.6 Å². The molecule has 0 radical (unpaired) electrons. The lowest BCUT2D eigenvalue weighted by Crippen LogP contribution is -2.23. The zero-order valence-electron chi connectivity index (χ0n) is 13.6. The lowest BCUT2D eigenvalue weighted by atomic mass is 9.99. The zero-order chi connectivity index (χ0) is 16.2. The summed E-state index contributed by atoms with van der Waals surface area (Å²) in [5.41, 5.74) is 1.17. The van der Waals surface area contributed by atoms with Crippen LogP contribution >= 0.6 is 11.6 Å². The second-order valence-corrected chi connectivity index (χ2v) is 6.54. The maximum absolute atomic E-state index is 6.14. The van der Waals surface area contributed by atoms with E-state index in [1.54, 1.807) is 0 Å². The number of hydrogen-bond donors (Lipinski definition) is 0. The molecule has 1 aromatic heterocycles. The van der Waals surface area contributed by atoms with Gasteiger partial charge in [-0.25, -0.2) is 9.97 Å². The molecule has 0 aliphatic carbocycles. The van der Waals surface area contributed by atoms with E-state index in [9.17, 15) is 0 Å². The van der Waals surface area contributed by atoms with Crippen molar-refractivity contribution < 1.29 is 4.74 Å². The molecular weight excluding hydrogens is 310 g/mol. The Bertz CT molecular complexity index is 647. The number of ether oxygens (including phenoxy) is 1. The summed E-state index contributed by atoms with van der Waals surface area (Å²) in [6.07, 6.45) is 4.80. The number of anilines is 1. The summed E-state index contributed by atoms with van der Waals surface area (Å²) >= 11 is 6.14. The molecule has 122 valence electrons. The monoisotopic (exact) mass is 331 g/mol. The van der Waals surface area contributed by atoms with E-state index >= 15 is 0 Å². The molecule has 5 heteroatoms. The minimum Gasteiger partial charge on any atom is -0.492 e. The second kappa shape index (κ2) is 7.18. The molecule has 0 bridgehead atoms. The molecule has 2 heterocycles. The van der Waals surface area contributed by atoms with Gasteiger partial charge in [0.2, 0.25) is 5.95 Å². The van der Waals surface area contributed by atoms with Gasteiger partial charge in [0.1, 0.15) is 5.75 Å². The van der Waals surface area contributed by atoms with E-state index in [0.29, 0.717) is 23.5 Å². The molecule has 0 amide bonds. The zero-order valence-corrected chi connectivity index (χ0v) is 14.3. The fourth-order valence-electron chi connectivity index (χ4n) is 2.87. The van der Waals surface area contributed by atoms with Crippen LogP contribution in [0.15, 0.2) is 36.7 Å². The van der Waals surface area contributed by atoms with Crippen LogP contribution < -0.4 is 9.64 Å². The normalized spacial score (nSPS) is 20.7. The molecule has 1 aliphatic rings. The van der Waals surface area contributed by atoms with E-state index in [2.05, 4.69) is 28.7 Å². The van der Waals surface area contributed by atoms with Gasteiger partial charge in [-0.15, -0.1) is 0 Å². The quantitative estimate of drug-likeness (QED) is 0.834. The average molecular weight is 332 g/mol. The Morgan fingerprint density at radius 3 is 2.65 bits per heavy atom. The first-order valence-electron chi connectivity index (χ1n) is 8.10. The molecule has 3 rings (SSSR count). The first kappa shape index (κ1) is 16.1. The minimum atomic E-state index is 0.445. The summed E-state index contributed by atoms with van der Waals surface area (Å²) in [5, 5.41) is 0.661. The number of rotatable bonds is 5. The number of aryl methyl sites for hydroxylation is 1. The topological polar surface area (TPSA) is 38.2 Å². The van der Waals surface area contributed by atoms with Crippen molar-refractivity contribution >= 4 is 17.5 Å². The first-order valence-corrected chi connectivity index (χ1v) is 8.48. The number of hydrogen-bond acceptors (Lipinski definition) is 4. The van der Waals surface area contributed by atoms with Crippen LogP contribution in [-0.2, 0) is 6.42 Å². The fourth-order valence-corrected chi connectivity index (χ4v) is 3.06. The highest BCUT2D eigenvalue weighted by Gasteiger charge is 2.31. The lowest BCUT2D eigenvalue weighted by molar-refractivity contribution is 0.233. The maximum Gasteiger partial charge on any atom is 0.225 e. The third-order valence-corrected chi connectivity index (χ3v) is 4.75. The predicted molar refractivity (Wildman–Crippen MR) is 93.2 cm³/mol. The molecule has 4 nitrogen and oxygen atoms in total. The van der Waals surface area contributed by atoms with Gasteiger partial charge >= 0.3 is 0 Å². The Labute approximate surface area is 142 Å². The molecule has 2 atom stereocenters. The molecule has 0 spiro atoms. The number of benzene rings is 1. The first-order chi connectivity index (χ1) is 11.2. The van der Waals surface area contributed by atoms with E-state index in [-0.39, 0.29) is 0 Å². The van der Waals surface area contributed by atoms with Crippen LogP contribution in [0.2, 0.25) is 5.02 Å². The highest BCUT2D eigenvalue weighted by molar-refractivity contribution is 6.32. The number of nitrogens with zero attached hydrogens (tertiary/aromatic N) is 3. The molecule has 0 saturated carbocycles. The van der Waals surface area contributed by atoms with Crippen molar-refractivity contribution in [3.63, 3.8) is 0 Å². The molecule has 2 unspecified atom stereocenters. The van der Waals surface area contributed by atoms with Gasteiger partial charge in [-0.2, -0.15) is 0 Å². The molecule has 2 aromatic rings. The van der Waals surface area contributed by atoms with Crippen molar-refractivity contribution in [1.82, 2.24) is 9.97 Å². The molecule has 1 fully saturated rings. The second-order valence-electron chi connectivity index (χ2n) is 6.13. The SMILES string of the molecule is CCc1cnc(N2CC(C)C(COc3ccccc3Cl)C2)nc1. The highest BCUT2D eigenvalue weighted by atomic mass is 35.5. The number of aromatic nitrogens is 2. The highest BCUT2D eigenvalue weighted by Crippen LogP contribution is 2.29. The van der Waals surface area contributed by atoms with Crippen molar-refractivity contribution in [2.24, 2.45) is 11.8 Å². The summed E-state index contributed by atoms with van der Waals surface area (Å²) in [4.78, 5) is 11.2. The Morgan fingerprint density at radius 2 is 1.96 bits per heavy atom.